The van der Waals surface area contributed by atoms with Gasteiger partial charge in [0.25, 0.3) is 0 Å². The van der Waals surface area contributed by atoms with Crippen molar-refractivity contribution in [1.29, 1.82) is 0 Å². The van der Waals surface area contributed by atoms with Crippen molar-refractivity contribution in [2.75, 3.05) is 6.54 Å². The predicted octanol–water partition coefficient (Wildman–Crippen LogP) is 4.69. The van der Waals surface area contributed by atoms with Crippen LogP contribution in [0.3, 0.4) is 0 Å². The molecule has 0 spiro atoms. The molecule has 2 aromatic heterocycles. The summed E-state index contributed by atoms with van der Waals surface area (Å²) in [5.74, 6) is 2.50. The number of carbonyl (C=O) groups excluding carboxylic acids is 1. The van der Waals surface area contributed by atoms with Gasteiger partial charge in [0.1, 0.15) is 5.82 Å². The Morgan fingerprint density at radius 3 is 2.65 bits per heavy atom. The van der Waals surface area contributed by atoms with Crippen LogP contribution < -0.4 is 5.32 Å². The molecule has 6 heteroatoms. The maximum atomic E-state index is 12.3. The average Bonchev–Trinajstić information content (AvgIpc) is 3.19. The Kier molecular flexibility index (Phi) is 6.44. The van der Waals surface area contributed by atoms with Gasteiger partial charge in [-0.1, -0.05) is 35.0 Å². The highest BCUT2D eigenvalue weighted by molar-refractivity contribution is 5.78. The molecule has 2 heterocycles. The lowest BCUT2D eigenvalue weighted by Crippen LogP contribution is -2.32. The zero-order chi connectivity index (χ0) is 21.8. The van der Waals surface area contributed by atoms with Crippen LogP contribution in [0.25, 0.3) is 11.3 Å². The Labute approximate surface area is 183 Å². The minimum absolute atomic E-state index is 0.0992. The second-order valence-corrected chi connectivity index (χ2v) is 8.74. The molecule has 4 rings (SSSR count). The van der Waals surface area contributed by atoms with Crippen LogP contribution in [0, 0.1) is 26.7 Å². The third kappa shape index (κ3) is 5.37. The summed E-state index contributed by atoms with van der Waals surface area (Å²) in [4.78, 5) is 21.5. The van der Waals surface area contributed by atoms with E-state index < -0.39 is 0 Å². The number of benzene rings is 1. The van der Waals surface area contributed by atoms with Crippen LogP contribution in [0.1, 0.15) is 59.9 Å². The van der Waals surface area contributed by atoms with Gasteiger partial charge in [-0.15, -0.1) is 0 Å². The van der Waals surface area contributed by atoms with E-state index in [0.717, 1.165) is 66.3 Å². The first-order valence-corrected chi connectivity index (χ1v) is 11.1. The van der Waals surface area contributed by atoms with Gasteiger partial charge in [-0.25, -0.2) is 9.97 Å². The highest BCUT2D eigenvalue weighted by Crippen LogP contribution is 2.38. The van der Waals surface area contributed by atoms with E-state index in [2.05, 4.69) is 21.5 Å². The molecule has 1 fully saturated rings. The maximum absolute atomic E-state index is 12.3. The Morgan fingerprint density at radius 1 is 1.13 bits per heavy atom. The lowest BCUT2D eigenvalue weighted by atomic mass is 9.79. The molecule has 3 aromatic rings. The van der Waals surface area contributed by atoms with Crippen LogP contribution in [0.15, 0.2) is 41.1 Å². The summed E-state index contributed by atoms with van der Waals surface area (Å²) in [7, 11) is 0. The van der Waals surface area contributed by atoms with Crippen LogP contribution >= 0.6 is 0 Å². The fraction of sp³-hybridized carbons (Fsp3) is 0.440. The number of carbonyl (C=O) groups is 1. The van der Waals surface area contributed by atoms with Gasteiger partial charge in [0.15, 0.2) is 5.76 Å². The smallest absolute Gasteiger partial charge is 0.224 e. The van der Waals surface area contributed by atoms with E-state index in [1.165, 1.54) is 5.56 Å². The Morgan fingerprint density at radius 2 is 1.94 bits per heavy atom. The van der Waals surface area contributed by atoms with Crippen LogP contribution in [-0.4, -0.2) is 27.6 Å². The third-order valence-electron chi connectivity index (χ3n) is 6.10. The molecule has 0 radical (unpaired) electrons. The van der Waals surface area contributed by atoms with Crippen molar-refractivity contribution in [3.05, 3.63) is 64.9 Å². The summed E-state index contributed by atoms with van der Waals surface area (Å²) >= 11 is 0. The molecule has 0 aliphatic heterocycles. The lowest BCUT2D eigenvalue weighted by Gasteiger charge is -2.29. The van der Waals surface area contributed by atoms with Gasteiger partial charge in [0.05, 0.1) is 23.4 Å². The zero-order valence-electron chi connectivity index (χ0n) is 18.5. The van der Waals surface area contributed by atoms with E-state index in [0.29, 0.717) is 18.3 Å². The van der Waals surface area contributed by atoms with E-state index in [9.17, 15) is 4.79 Å². The van der Waals surface area contributed by atoms with Crippen molar-refractivity contribution in [3.63, 3.8) is 0 Å². The highest BCUT2D eigenvalue weighted by Gasteiger charge is 2.27. The molecular weight excluding hydrogens is 388 g/mol. The molecule has 162 valence electrons. The zero-order valence-corrected chi connectivity index (χ0v) is 18.5. The largest absolute Gasteiger partial charge is 0.356 e. The van der Waals surface area contributed by atoms with Gasteiger partial charge in [-0.3, -0.25) is 4.79 Å². The molecular formula is C25H30N4O2. The molecule has 1 saturated carbocycles. The summed E-state index contributed by atoms with van der Waals surface area (Å²) in [5, 5.41) is 7.15. The number of rotatable bonds is 6. The Balaban J connectivity index is 1.33. The van der Waals surface area contributed by atoms with E-state index in [1.54, 1.807) is 0 Å². The lowest BCUT2D eigenvalue weighted by molar-refractivity contribution is -0.120. The fourth-order valence-corrected chi connectivity index (χ4v) is 4.45. The summed E-state index contributed by atoms with van der Waals surface area (Å²) in [6.07, 6.45) is 6.55. The first-order chi connectivity index (χ1) is 15.0. The van der Waals surface area contributed by atoms with Crippen molar-refractivity contribution >= 4 is 5.91 Å². The molecule has 1 aromatic carbocycles. The van der Waals surface area contributed by atoms with Crippen LogP contribution in [0.2, 0.25) is 0 Å². The fourth-order valence-electron chi connectivity index (χ4n) is 4.45. The monoisotopic (exact) mass is 418 g/mol. The number of aromatic nitrogens is 3. The van der Waals surface area contributed by atoms with Crippen molar-refractivity contribution in [2.24, 2.45) is 5.92 Å². The molecule has 1 aliphatic carbocycles. The van der Waals surface area contributed by atoms with E-state index in [4.69, 9.17) is 9.51 Å². The summed E-state index contributed by atoms with van der Waals surface area (Å²) in [6.45, 7) is 6.64. The summed E-state index contributed by atoms with van der Waals surface area (Å²) in [5.41, 5.74) is 5.11. The average molecular weight is 419 g/mol. The number of hydrogen-bond donors (Lipinski definition) is 1. The van der Waals surface area contributed by atoms with Gasteiger partial charge in [-0.05, 0) is 57.9 Å². The minimum atomic E-state index is 0.0992. The number of amides is 1. The third-order valence-corrected chi connectivity index (χ3v) is 6.10. The van der Waals surface area contributed by atoms with Gasteiger partial charge >= 0.3 is 0 Å². The van der Waals surface area contributed by atoms with Crippen molar-refractivity contribution in [2.45, 2.75) is 58.8 Å². The van der Waals surface area contributed by atoms with E-state index in [1.807, 2.05) is 51.2 Å². The minimum Gasteiger partial charge on any atom is -0.356 e. The summed E-state index contributed by atoms with van der Waals surface area (Å²) < 4.78 is 5.49. The van der Waals surface area contributed by atoms with Crippen LogP contribution in [0.5, 0.6) is 0 Å². The van der Waals surface area contributed by atoms with E-state index >= 15 is 0 Å². The Bertz CT molecular complexity index is 1050. The molecule has 0 atom stereocenters. The molecule has 1 N–H and O–H groups in total. The van der Waals surface area contributed by atoms with E-state index in [-0.39, 0.29) is 5.91 Å². The topological polar surface area (TPSA) is 80.9 Å². The number of nitrogens with zero attached hydrogens (tertiary/aromatic N) is 3. The molecule has 1 amide bonds. The predicted molar refractivity (Wildman–Crippen MR) is 120 cm³/mol. The normalized spacial score (nSPS) is 18.7. The van der Waals surface area contributed by atoms with Gasteiger partial charge in [-0.2, -0.15) is 0 Å². The van der Waals surface area contributed by atoms with Crippen molar-refractivity contribution in [3.8, 4) is 11.3 Å². The summed E-state index contributed by atoms with van der Waals surface area (Å²) in [6, 6.07) is 10.1. The standard InChI is InChI=1S/C25H30N4O2/c1-16-5-4-6-20(11-16)13-24(30)27-14-19-7-9-21(10-8-19)25-22(15-26-18(3)28-25)23-12-17(2)29-31-23/h4-6,11-12,15,19,21H,7-10,13-14H2,1-3H3,(H,27,30). The molecule has 0 bridgehead atoms. The second kappa shape index (κ2) is 9.41. The van der Waals surface area contributed by atoms with Crippen molar-refractivity contribution < 1.29 is 9.32 Å². The van der Waals surface area contributed by atoms with Gasteiger partial charge < -0.3 is 9.84 Å². The number of nitrogens with one attached hydrogen (secondary N) is 1. The van der Waals surface area contributed by atoms with Gasteiger partial charge in [0, 0.05) is 24.7 Å². The molecule has 6 nitrogen and oxygen atoms in total. The highest BCUT2D eigenvalue weighted by atomic mass is 16.5. The number of hydrogen-bond acceptors (Lipinski definition) is 5. The molecule has 0 unspecified atom stereocenters. The molecule has 0 saturated heterocycles. The first kappa shape index (κ1) is 21.2. The first-order valence-electron chi connectivity index (χ1n) is 11.1. The van der Waals surface area contributed by atoms with Crippen LogP contribution in [-0.2, 0) is 11.2 Å². The van der Waals surface area contributed by atoms with Crippen LogP contribution in [0.4, 0.5) is 0 Å². The maximum Gasteiger partial charge on any atom is 0.224 e. The molecule has 1 aliphatic rings. The SMILES string of the molecule is Cc1cccc(CC(=O)NCC2CCC(c3nc(C)ncc3-c3cc(C)no3)CC2)c1. The second-order valence-electron chi connectivity index (χ2n) is 8.74. The van der Waals surface area contributed by atoms with Gasteiger partial charge in [0.2, 0.25) is 5.91 Å². The van der Waals surface area contributed by atoms with Crippen molar-refractivity contribution in [1.82, 2.24) is 20.4 Å². The Hall–Kier alpha value is -3.02. The number of aryl methyl sites for hydroxylation is 3. The quantitative estimate of drug-likeness (QED) is 0.628. The molecule has 31 heavy (non-hydrogen) atoms.